The van der Waals surface area contributed by atoms with Gasteiger partial charge in [0.25, 0.3) is 0 Å². The van der Waals surface area contributed by atoms with Crippen molar-refractivity contribution in [3.05, 3.63) is 206 Å². The molecule has 0 spiro atoms. The molecule has 4 aliphatic rings. The van der Waals surface area contributed by atoms with Gasteiger partial charge in [-0.2, -0.15) is 0 Å². The van der Waals surface area contributed by atoms with Gasteiger partial charge in [-0.05, 0) is 108 Å². The minimum absolute atomic E-state index is 0. The molecule has 0 unspecified atom stereocenters. The first-order valence-electron chi connectivity index (χ1n) is 28.1. The van der Waals surface area contributed by atoms with Crippen molar-refractivity contribution in [1.29, 1.82) is 5.26 Å². The molecule has 0 atom stereocenters. The topological polar surface area (TPSA) is 364 Å². The van der Waals surface area contributed by atoms with Crippen LogP contribution in [0, 0.1) is 64.9 Å². The fourth-order valence-electron chi connectivity index (χ4n) is 7.45. The smallest absolute Gasteiger partial charge is 1.00 e. The molecule has 4 heterocycles. The maximum atomic E-state index is 13.2. The van der Waals surface area contributed by atoms with Crippen LogP contribution in [0.15, 0.2) is 97.1 Å². The number of rotatable bonds is 10. The molecule has 0 saturated carbocycles. The van der Waals surface area contributed by atoms with Crippen LogP contribution < -0.4 is 106 Å². The molecule has 0 bridgehead atoms. The summed E-state index contributed by atoms with van der Waals surface area (Å²) < 4.78 is 161. The van der Waals surface area contributed by atoms with Crippen LogP contribution in [-0.4, -0.2) is 128 Å². The number of halogens is 17. The van der Waals surface area contributed by atoms with Crippen molar-refractivity contribution in [3.8, 4) is 92.0 Å². The van der Waals surface area contributed by atoms with Crippen molar-refractivity contribution < 1.29 is 207 Å². The fourth-order valence-corrected chi connectivity index (χ4v) is 7.60. The zero-order chi connectivity index (χ0) is 82.8. The molecule has 12 rings (SSSR count). The van der Waals surface area contributed by atoms with Gasteiger partial charge in [-0.15, -0.1) is 106 Å². The predicted molar refractivity (Wildman–Crippen MR) is 408 cm³/mol. The van der Waals surface area contributed by atoms with Crippen LogP contribution in [0.2, 0.25) is 0 Å². The normalized spacial score (nSPS) is 10.5. The Morgan fingerprint density at radius 3 is 0.973 bits per heavy atom. The fraction of sp³-hybridized carbons (Fsp3) is 0.141. The molecule has 589 valence electrons. The van der Waals surface area contributed by atoms with E-state index in [0.717, 1.165) is 42.5 Å². The second-order valence-corrected chi connectivity index (χ2v) is 34.6. The van der Waals surface area contributed by atoms with Crippen LogP contribution in [0.25, 0.3) is 4.85 Å². The van der Waals surface area contributed by atoms with E-state index in [9.17, 15) is 59.1 Å². The number of phenols is 6. The number of methoxy groups -OCH3 is 2. The summed E-state index contributed by atoms with van der Waals surface area (Å²) in [7, 11) is 9.92. The SMILES string of the molecule is BrB(Br)Br.BrB(Br)Br.COc1cc(C=O)cc(F)c1O.COc1cc(C=O)cc(F)c1O.Fc1cc(CCl)cc2c1OCO2.O=Cc1cc(F)c2c(c1)OCO2.O=Cc1cc(O)c(O)c(F)c1.O=Cc1cc(O)c(O)c(F)c1.O=S(Cl)Cl.OCc1cc(F)c2c(c1)OCO2.[B].[C-]#N.[C-]#[N+]Cc1cc(F)c2c(c1)OCO2.[H-].[Na+].[Na+]. The van der Waals surface area contributed by atoms with E-state index in [2.05, 4.69) is 130 Å². The molecule has 0 saturated heterocycles. The maximum absolute atomic E-state index is 13.2. The number of carbonyl (C=O) groups is 5. The van der Waals surface area contributed by atoms with Crippen molar-refractivity contribution in [3.63, 3.8) is 0 Å². The zero-order valence-electron chi connectivity index (χ0n) is 58.2. The third kappa shape index (κ3) is 39.1. The van der Waals surface area contributed by atoms with Gasteiger partial charge in [0.05, 0.1) is 20.8 Å². The van der Waals surface area contributed by atoms with E-state index in [-0.39, 0.29) is 190 Å². The Kier molecular flexibility index (Phi) is 57.8. The number of alkyl halides is 1. The molecule has 8 aromatic rings. The van der Waals surface area contributed by atoms with Crippen molar-refractivity contribution in [2.24, 2.45) is 0 Å². The van der Waals surface area contributed by atoms with E-state index < -0.39 is 90.3 Å². The van der Waals surface area contributed by atoms with Crippen molar-refractivity contribution in [2.75, 3.05) is 41.4 Å². The summed E-state index contributed by atoms with van der Waals surface area (Å²) in [6.45, 7) is 11.5. The van der Waals surface area contributed by atoms with Crippen LogP contribution in [0.3, 0.4) is 0 Å². The summed E-state index contributed by atoms with van der Waals surface area (Å²) in [5.41, 5.74) is 2.25. The number of hydrogen-bond donors (Lipinski definition) is 7. The standard InChI is InChI=1S/C9H6FNO2.C8H6ClFO2.C8H7FO3.C8H5FO3.2C8H7FO3.2C7H5FO3.CN.2BBr3.B.Cl2OS.2Na.H/c1-11-4-6-2-7(10)9-8(3-6)12-5-13-9;9-3-5-1-6(10)8-7(2-5)11-4-12-8;2*9-6-1-5(3-10)2-7-8(6)12-4-11-7;2*1-12-7-3-5(4-10)2-6(9)8(7)11;2*8-5-1-4(3-9)2-6(10)7(5)11;1-2;2*2-1(3)4;;1-4(2)3;;;/h2-3H,4-5H2;1-2H,3-4H2;1-2,10H,3-4H2;1-3H,4H2;2*2-4,11H,1H3;2*1-3,10-11H;;;;;;;;/q;;;;;;;;-1;;;;;2*+1;-1. The van der Waals surface area contributed by atoms with Gasteiger partial charge < -0.3 is 101 Å². The molecule has 3 radical (unpaired) electrons. The Balaban J connectivity index is -0.000000584. The molecular formula is C64H49B3Br6Cl3F8N2Na2O23S. The molecule has 7 N–H and O–H groups in total. The Bertz CT molecular complexity index is 4230. The van der Waals surface area contributed by atoms with Crippen molar-refractivity contribution in [1.82, 2.24) is 0 Å². The van der Waals surface area contributed by atoms with Gasteiger partial charge >= 0.3 is 65.5 Å². The first-order chi connectivity index (χ1) is 51.6. The summed E-state index contributed by atoms with van der Waals surface area (Å²) in [4.78, 5) is 54.0. The number of benzene rings is 8. The van der Waals surface area contributed by atoms with Crippen LogP contribution >= 0.6 is 128 Å². The summed E-state index contributed by atoms with van der Waals surface area (Å²) in [5, 5.41) is 67.9. The average Bonchev–Trinajstić information content (AvgIpc) is 1.75. The molecule has 0 amide bonds. The van der Waals surface area contributed by atoms with E-state index in [0.29, 0.717) is 65.4 Å². The van der Waals surface area contributed by atoms with Gasteiger partial charge in [0.2, 0.25) is 65.9 Å². The monoisotopic (exact) mass is 2050 g/mol. The number of carbonyl (C=O) groups excluding carboxylic acids is 5. The van der Waals surface area contributed by atoms with Gasteiger partial charge in [0, 0.05) is 69.0 Å². The number of hydrogen-bond acceptors (Lipinski definition) is 24. The molecule has 0 aromatic heterocycles. The Labute approximate surface area is 745 Å². The van der Waals surface area contributed by atoms with E-state index in [1.165, 1.54) is 50.6 Å². The van der Waals surface area contributed by atoms with Gasteiger partial charge in [0.1, 0.15) is 31.4 Å². The molecule has 48 heteroatoms. The first kappa shape index (κ1) is 110. The summed E-state index contributed by atoms with van der Waals surface area (Å²) >= 11 is 24.2. The van der Waals surface area contributed by atoms with E-state index in [1.54, 1.807) is 18.2 Å². The molecular weight excluding hydrogens is 2010 g/mol. The Morgan fingerprint density at radius 1 is 0.455 bits per heavy atom. The number of fused-ring (bicyclic) bond motifs is 4. The molecule has 25 nitrogen and oxygen atoms in total. The van der Waals surface area contributed by atoms with Gasteiger partial charge in [-0.3, -0.25) is 24.0 Å². The van der Waals surface area contributed by atoms with Crippen LogP contribution in [0.1, 0.15) is 69.9 Å². The third-order valence-electron chi connectivity index (χ3n) is 11.9. The Morgan fingerprint density at radius 2 is 0.696 bits per heavy atom. The number of nitrogens with zero attached hydrogens (tertiary/aromatic N) is 2. The zero-order valence-corrected chi connectivity index (χ0v) is 73.8. The third-order valence-corrected chi connectivity index (χ3v) is 12.2. The first-order valence-corrected chi connectivity index (χ1v) is 36.9. The average molecular weight is 2060 g/mol. The number of aliphatic hydroxyl groups excluding tert-OH is 1. The number of aldehydes is 5. The molecule has 0 fully saturated rings. The van der Waals surface area contributed by atoms with Crippen LogP contribution in [0.5, 0.6) is 92.0 Å². The van der Waals surface area contributed by atoms with E-state index in [4.69, 9.17) is 108 Å². The molecule has 4 aliphatic heterocycles. The predicted octanol–water partition coefficient (Wildman–Crippen LogP) is 10.7. The van der Waals surface area contributed by atoms with Crippen molar-refractivity contribution >= 4 is 183 Å². The Hall–Kier alpha value is -6.62. The number of aliphatic hydroxyl groups is 1. The number of ether oxygens (including phenoxy) is 10. The van der Waals surface area contributed by atoms with E-state index >= 15 is 0 Å². The second-order valence-electron chi connectivity index (χ2n) is 18.9. The van der Waals surface area contributed by atoms with Crippen LogP contribution in [-0.2, 0) is 28.3 Å². The van der Waals surface area contributed by atoms with Gasteiger partial charge in [-0.1, -0.05) is 0 Å². The quantitative estimate of drug-likeness (QED) is 0.0127. The summed E-state index contributed by atoms with van der Waals surface area (Å²) in [5.74, 6) is -7.58. The van der Waals surface area contributed by atoms with Gasteiger partial charge in [-0.25, -0.2) is 45.9 Å². The molecule has 8 aromatic carbocycles. The second kappa shape index (κ2) is 59.1. The maximum Gasteiger partial charge on any atom is 1.00 e. The van der Waals surface area contributed by atoms with Gasteiger partial charge in [0.15, 0.2) is 116 Å². The van der Waals surface area contributed by atoms with Crippen LogP contribution in [0.4, 0.5) is 35.1 Å². The minimum Gasteiger partial charge on any atom is -1.00 e. The number of phenolic OH excluding ortho intramolecular Hbond substituents is 6. The van der Waals surface area contributed by atoms with E-state index in [1.807, 2.05) is 0 Å². The molecule has 112 heavy (non-hydrogen) atoms. The number of aromatic hydroxyl groups is 6. The summed E-state index contributed by atoms with van der Waals surface area (Å²) in [6, 6.07) is 19.3. The summed E-state index contributed by atoms with van der Waals surface area (Å²) in [6.07, 6.45) is 2.27. The minimum atomic E-state index is -1.67. The largest absolute Gasteiger partial charge is 1.00 e. The van der Waals surface area contributed by atoms with Crippen molar-refractivity contribution in [2.45, 2.75) is 19.0 Å². The molecule has 0 aliphatic carbocycles.